The number of carbonyl (C=O) groups excluding carboxylic acids is 1. The molecule has 1 rings (SSSR count). The Labute approximate surface area is 99.1 Å². The molecule has 0 aliphatic heterocycles. The Morgan fingerprint density at radius 2 is 2.06 bits per heavy atom. The Morgan fingerprint density at radius 3 is 2.65 bits per heavy atom. The van der Waals surface area contributed by atoms with Gasteiger partial charge in [0.05, 0.1) is 11.5 Å². The van der Waals surface area contributed by atoms with Crippen molar-refractivity contribution in [2.45, 2.75) is 13.8 Å². The Morgan fingerprint density at radius 1 is 1.41 bits per heavy atom. The first-order chi connectivity index (χ1) is 7.93. The molecular formula is C12H15NO4. The zero-order chi connectivity index (χ0) is 13.0. The molecule has 0 heterocycles. The molecule has 1 atom stereocenters. The largest absolute Gasteiger partial charge is 0.507 e. The van der Waals surface area contributed by atoms with Gasteiger partial charge >= 0.3 is 5.97 Å². The number of aryl methyl sites for hydroxylation is 1. The number of aliphatic carboxylic acids is 1. The van der Waals surface area contributed by atoms with E-state index in [2.05, 4.69) is 5.32 Å². The van der Waals surface area contributed by atoms with Crippen molar-refractivity contribution in [3.05, 3.63) is 29.3 Å². The summed E-state index contributed by atoms with van der Waals surface area (Å²) < 4.78 is 0. The number of carboxylic acid groups (broad SMARTS) is 1. The molecule has 1 unspecified atom stereocenters. The van der Waals surface area contributed by atoms with Crippen LogP contribution in [0.1, 0.15) is 22.8 Å². The fraction of sp³-hybridized carbons (Fsp3) is 0.333. The van der Waals surface area contributed by atoms with Crippen LogP contribution >= 0.6 is 0 Å². The first-order valence-corrected chi connectivity index (χ1v) is 5.23. The number of phenolic OH excluding ortho intramolecular Hbond substituents is 1. The van der Waals surface area contributed by atoms with Crippen LogP contribution in [0.2, 0.25) is 0 Å². The third-order valence-electron chi connectivity index (χ3n) is 2.47. The van der Waals surface area contributed by atoms with Crippen molar-refractivity contribution in [2.24, 2.45) is 5.92 Å². The van der Waals surface area contributed by atoms with Gasteiger partial charge in [-0.25, -0.2) is 0 Å². The number of benzene rings is 1. The van der Waals surface area contributed by atoms with Crippen LogP contribution in [0.5, 0.6) is 5.75 Å². The second-order valence-corrected chi connectivity index (χ2v) is 3.92. The molecule has 0 radical (unpaired) electrons. The second-order valence-electron chi connectivity index (χ2n) is 3.92. The zero-order valence-electron chi connectivity index (χ0n) is 9.73. The van der Waals surface area contributed by atoms with Crippen LogP contribution in [0.25, 0.3) is 0 Å². The van der Waals surface area contributed by atoms with Gasteiger partial charge in [0.25, 0.3) is 5.91 Å². The van der Waals surface area contributed by atoms with Gasteiger partial charge in [0, 0.05) is 6.54 Å². The smallest absolute Gasteiger partial charge is 0.308 e. The van der Waals surface area contributed by atoms with Gasteiger partial charge in [-0.15, -0.1) is 0 Å². The van der Waals surface area contributed by atoms with Crippen LogP contribution in [0.3, 0.4) is 0 Å². The number of rotatable bonds is 4. The maximum Gasteiger partial charge on any atom is 0.308 e. The van der Waals surface area contributed by atoms with Crippen LogP contribution in [-0.4, -0.2) is 28.6 Å². The molecule has 5 nitrogen and oxygen atoms in total. The number of hydrogen-bond acceptors (Lipinski definition) is 3. The lowest BCUT2D eigenvalue weighted by atomic mass is 10.1. The molecule has 5 heteroatoms. The van der Waals surface area contributed by atoms with E-state index in [1.807, 2.05) is 0 Å². The Kier molecular flexibility index (Phi) is 4.09. The summed E-state index contributed by atoms with van der Waals surface area (Å²) in [5.74, 6) is -2.18. The van der Waals surface area contributed by atoms with Gasteiger partial charge in [-0.05, 0) is 18.6 Å². The molecule has 0 saturated carbocycles. The monoisotopic (exact) mass is 237 g/mol. The summed E-state index contributed by atoms with van der Waals surface area (Å²) in [5, 5.41) is 20.8. The van der Waals surface area contributed by atoms with Crippen LogP contribution in [-0.2, 0) is 4.79 Å². The molecule has 3 N–H and O–H groups in total. The van der Waals surface area contributed by atoms with Gasteiger partial charge in [-0.3, -0.25) is 9.59 Å². The SMILES string of the molecule is Cc1cccc(C(=O)NCC(C)C(=O)O)c1O. The topological polar surface area (TPSA) is 86.6 Å². The molecule has 0 bridgehead atoms. The van der Waals surface area contributed by atoms with Crippen molar-refractivity contribution in [2.75, 3.05) is 6.54 Å². The molecule has 0 fully saturated rings. The van der Waals surface area contributed by atoms with E-state index in [0.29, 0.717) is 5.56 Å². The summed E-state index contributed by atoms with van der Waals surface area (Å²) in [6.45, 7) is 3.21. The Hall–Kier alpha value is -2.04. The molecule has 1 aromatic rings. The molecule has 0 aliphatic rings. The predicted molar refractivity (Wildman–Crippen MR) is 62.0 cm³/mol. The Balaban J connectivity index is 2.71. The molecule has 0 spiro atoms. The van der Waals surface area contributed by atoms with Gasteiger partial charge in [-0.1, -0.05) is 19.1 Å². The first-order valence-electron chi connectivity index (χ1n) is 5.23. The van der Waals surface area contributed by atoms with E-state index in [0.717, 1.165) is 0 Å². The predicted octanol–water partition coefficient (Wildman–Crippen LogP) is 1.15. The lowest BCUT2D eigenvalue weighted by Gasteiger charge is -2.10. The van der Waals surface area contributed by atoms with E-state index in [-0.39, 0.29) is 17.9 Å². The highest BCUT2D eigenvalue weighted by atomic mass is 16.4. The van der Waals surface area contributed by atoms with Crippen LogP contribution < -0.4 is 5.32 Å². The maximum atomic E-state index is 11.7. The average molecular weight is 237 g/mol. The standard InChI is InChI=1S/C12H15NO4/c1-7-4-3-5-9(10(7)14)11(15)13-6-8(2)12(16)17/h3-5,8,14H,6H2,1-2H3,(H,13,15)(H,16,17). The van der Waals surface area contributed by atoms with Gasteiger partial charge in [0.2, 0.25) is 0 Å². The number of nitrogens with one attached hydrogen (secondary N) is 1. The lowest BCUT2D eigenvalue weighted by molar-refractivity contribution is -0.140. The van der Waals surface area contributed by atoms with E-state index in [1.165, 1.54) is 13.0 Å². The Bertz CT molecular complexity index is 442. The molecule has 1 aromatic carbocycles. The van der Waals surface area contributed by atoms with Crippen molar-refractivity contribution >= 4 is 11.9 Å². The van der Waals surface area contributed by atoms with Crippen molar-refractivity contribution in [3.63, 3.8) is 0 Å². The summed E-state index contributed by atoms with van der Waals surface area (Å²) in [7, 11) is 0. The average Bonchev–Trinajstić information content (AvgIpc) is 2.29. The first kappa shape index (κ1) is 13.0. The highest BCUT2D eigenvalue weighted by molar-refractivity contribution is 5.97. The fourth-order valence-corrected chi connectivity index (χ4v) is 1.27. The van der Waals surface area contributed by atoms with Gasteiger partial charge in [0.15, 0.2) is 0 Å². The second kappa shape index (κ2) is 5.34. The van der Waals surface area contributed by atoms with Crippen molar-refractivity contribution in [1.82, 2.24) is 5.32 Å². The van der Waals surface area contributed by atoms with Crippen LogP contribution in [0.15, 0.2) is 18.2 Å². The van der Waals surface area contributed by atoms with E-state index in [9.17, 15) is 14.7 Å². The summed E-state index contributed by atoms with van der Waals surface area (Å²) in [4.78, 5) is 22.2. The molecule has 1 amide bonds. The molecule has 92 valence electrons. The van der Waals surface area contributed by atoms with Crippen molar-refractivity contribution in [1.29, 1.82) is 0 Å². The third kappa shape index (κ3) is 3.21. The summed E-state index contributed by atoms with van der Waals surface area (Å²) in [5.41, 5.74) is 0.756. The minimum atomic E-state index is -0.973. The fourth-order valence-electron chi connectivity index (χ4n) is 1.27. The molecular weight excluding hydrogens is 222 g/mol. The minimum absolute atomic E-state index is 0.0293. The molecule has 17 heavy (non-hydrogen) atoms. The number of carboxylic acids is 1. The number of amides is 1. The van der Waals surface area contributed by atoms with Crippen LogP contribution in [0.4, 0.5) is 0 Å². The lowest BCUT2D eigenvalue weighted by Crippen LogP contribution is -2.31. The zero-order valence-corrected chi connectivity index (χ0v) is 9.73. The number of para-hydroxylation sites is 1. The quantitative estimate of drug-likeness (QED) is 0.733. The van der Waals surface area contributed by atoms with E-state index >= 15 is 0 Å². The number of hydrogen-bond donors (Lipinski definition) is 3. The molecule has 0 aliphatic carbocycles. The third-order valence-corrected chi connectivity index (χ3v) is 2.47. The summed E-state index contributed by atoms with van der Waals surface area (Å²) in [6, 6.07) is 4.83. The normalized spacial score (nSPS) is 11.9. The highest BCUT2D eigenvalue weighted by Gasteiger charge is 2.15. The number of phenols is 1. The minimum Gasteiger partial charge on any atom is -0.507 e. The van der Waals surface area contributed by atoms with E-state index in [4.69, 9.17) is 5.11 Å². The maximum absolute atomic E-state index is 11.7. The highest BCUT2D eigenvalue weighted by Crippen LogP contribution is 2.20. The van der Waals surface area contributed by atoms with E-state index < -0.39 is 17.8 Å². The van der Waals surface area contributed by atoms with Crippen LogP contribution in [0, 0.1) is 12.8 Å². The summed E-state index contributed by atoms with van der Waals surface area (Å²) in [6.07, 6.45) is 0. The number of aromatic hydroxyl groups is 1. The van der Waals surface area contributed by atoms with E-state index in [1.54, 1.807) is 19.1 Å². The van der Waals surface area contributed by atoms with Crippen molar-refractivity contribution < 1.29 is 19.8 Å². The van der Waals surface area contributed by atoms with Gasteiger partial charge in [-0.2, -0.15) is 0 Å². The summed E-state index contributed by atoms with van der Waals surface area (Å²) >= 11 is 0. The van der Waals surface area contributed by atoms with Crippen molar-refractivity contribution in [3.8, 4) is 5.75 Å². The number of carbonyl (C=O) groups is 2. The van der Waals surface area contributed by atoms with Gasteiger partial charge < -0.3 is 15.5 Å². The molecule has 0 aromatic heterocycles. The molecule has 0 saturated heterocycles. The van der Waals surface area contributed by atoms with Gasteiger partial charge in [0.1, 0.15) is 5.75 Å².